The van der Waals surface area contributed by atoms with Crippen molar-refractivity contribution in [2.24, 2.45) is 17.4 Å². The van der Waals surface area contributed by atoms with Crippen molar-refractivity contribution in [3.63, 3.8) is 0 Å². The topological polar surface area (TPSA) is 69.1 Å². The first-order valence-corrected chi connectivity index (χ1v) is 6.08. The van der Waals surface area contributed by atoms with Gasteiger partial charge in [0.15, 0.2) is 0 Å². The van der Waals surface area contributed by atoms with E-state index in [1.807, 2.05) is 0 Å². The Morgan fingerprint density at radius 2 is 2.38 bits per heavy atom. The van der Waals surface area contributed by atoms with Gasteiger partial charge in [-0.1, -0.05) is 6.42 Å². The summed E-state index contributed by atoms with van der Waals surface area (Å²) >= 11 is 1.79. The van der Waals surface area contributed by atoms with E-state index in [0.717, 1.165) is 31.4 Å². The van der Waals surface area contributed by atoms with Gasteiger partial charge in [-0.25, -0.2) is 0 Å². The summed E-state index contributed by atoms with van der Waals surface area (Å²) < 4.78 is 0. The minimum absolute atomic E-state index is 0.303. The molecule has 0 aromatic rings. The highest BCUT2D eigenvalue weighted by molar-refractivity contribution is 7.98. The maximum atomic E-state index is 11.2. The summed E-state index contributed by atoms with van der Waals surface area (Å²) in [6.45, 7) is 0. The van der Waals surface area contributed by atoms with Crippen LogP contribution in [0.3, 0.4) is 0 Å². The van der Waals surface area contributed by atoms with Crippen LogP contribution in [0.15, 0.2) is 0 Å². The molecule has 0 spiro atoms. The molecule has 0 aromatic carbocycles. The summed E-state index contributed by atoms with van der Waals surface area (Å²) in [6, 6.07) is 0. The highest BCUT2D eigenvalue weighted by Crippen LogP contribution is 2.36. The van der Waals surface area contributed by atoms with Gasteiger partial charge in [-0.15, -0.1) is 0 Å². The van der Waals surface area contributed by atoms with Gasteiger partial charge in [0.2, 0.25) is 5.91 Å². The van der Waals surface area contributed by atoms with Crippen LogP contribution >= 0.6 is 11.8 Å². The Labute approximate surface area is 83.6 Å². The van der Waals surface area contributed by atoms with Gasteiger partial charge in [0.05, 0.1) is 5.54 Å². The lowest BCUT2D eigenvalue weighted by atomic mass is 9.85. The van der Waals surface area contributed by atoms with Gasteiger partial charge in [-0.05, 0) is 37.2 Å². The summed E-state index contributed by atoms with van der Waals surface area (Å²) in [6.07, 6.45) is 5.94. The minimum atomic E-state index is -0.713. The number of nitrogens with two attached hydrogens (primary N) is 2. The van der Waals surface area contributed by atoms with Crippen LogP contribution < -0.4 is 11.5 Å². The molecule has 1 saturated carbocycles. The van der Waals surface area contributed by atoms with Crippen LogP contribution in [-0.2, 0) is 4.79 Å². The highest BCUT2D eigenvalue weighted by atomic mass is 32.2. The van der Waals surface area contributed by atoms with E-state index in [-0.39, 0.29) is 5.91 Å². The molecular weight excluding hydrogens is 184 g/mol. The van der Waals surface area contributed by atoms with Crippen LogP contribution in [0.5, 0.6) is 0 Å². The monoisotopic (exact) mass is 202 g/mol. The first kappa shape index (κ1) is 10.9. The first-order chi connectivity index (χ1) is 6.11. The molecule has 1 aliphatic carbocycles. The zero-order chi connectivity index (χ0) is 9.90. The summed E-state index contributed by atoms with van der Waals surface area (Å²) in [5.41, 5.74) is 10.6. The van der Waals surface area contributed by atoms with Gasteiger partial charge < -0.3 is 11.5 Å². The van der Waals surface area contributed by atoms with Crippen LogP contribution in [0.1, 0.15) is 25.7 Å². The quantitative estimate of drug-likeness (QED) is 0.706. The molecule has 1 rings (SSSR count). The first-order valence-electron chi connectivity index (χ1n) is 4.69. The average Bonchev–Trinajstić information content (AvgIpc) is 2.45. The van der Waals surface area contributed by atoms with Gasteiger partial charge in [0, 0.05) is 0 Å². The third-order valence-corrected chi connectivity index (χ3v) is 3.64. The average molecular weight is 202 g/mol. The predicted octanol–water partition coefficient (Wildman–Crippen LogP) is 0.722. The third-order valence-electron chi connectivity index (χ3n) is 3.00. The fourth-order valence-electron chi connectivity index (χ4n) is 2.09. The zero-order valence-electron chi connectivity index (χ0n) is 8.08. The Morgan fingerprint density at radius 3 is 2.92 bits per heavy atom. The molecular formula is C9H18N2OS. The molecule has 0 aromatic heterocycles. The second-order valence-corrected chi connectivity index (χ2v) is 4.76. The minimum Gasteiger partial charge on any atom is -0.368 e. The Morgan fingerprint density at radius 1 is 1.69 bits per heavy atom. The van der Waals surface area contributed by atoms with Gasteiger partial charge in [0.25, 0.3) is 0 Å². The van der Waals surface area contributed by atoms with E-state index >= 15 is 0 Å². The molecule has 4 heteroatoms. The fourth-order valence-corrected chi connectivity index (χ4v) is 2.61. The lowest BCUT2D eigenvalue weighted by Gasteiger charge is -2.27. The van der Waals surface area contributed by atoms with E-state index in [1.165, 1.54) is 0 Å². The SMILES string of the molecule is CSCCC1CCCC1(N)C(N)=O. The second-order valence-electron chi connectivity index (χ2n) is 3.78. The van der Waals surface area contributed by atoms with E-state index in [2.05, 4.69) is 6.26 Å². The van der Waals surface area contributed by atoms with Crippen molar-refractivity contribution in [2.45, 2.75) is 31.2 Å². The standard InChI is InChI=1S/C9H18N2OS/c1-13-6-4-7-3-2-5-9(7,11)8(10)12/h7H,2-6,11H2,1H3,(H2,10,12). The normalized spacial score (nSPS) is 33.5. The van der Waals surface area contributed by atoms with Gasteiger partial charge >= 0.3 is 0 Å². The van der Waals surface area contributed by atoms with Crippen molar-refractivity contribution >= 4 is 17.7 Å². The molecule has 1 fully saturated rings. The van der Waals surface area contributed by atoms with Crippen molar-refractivity contribution in [3.05, 3.63) is 0 Å². The lowest BCUT2D eigenvalue weighted by molar-refractivity contribution is -0.124. The van der Waals surface area contributed by atoms with Gasteiger partial charge in [-0.2, -0.15) is 11.8 Å². The molecule has 0 bridgehead atoms. The lowest BCUT2D eigenvalue weighted by Crippen LogP contribution is -2.54. The van der Waals surface area contributed by atoms with Crippen LogP contribution in [0, 0.1) is 5.92 Å². The van der Waals surface area contributed by atoms with E-state index in [4.69, 9.17) is 11.5 Å². The van der Waals surface area contributed by atoms with Crippen molar-refractivity contribution < 1.29 is 4.79 Å². The number of primary amides is 1. The third kappa shape index (κ3) is 2.17. The van der Waals surface area contributed by atoms with Crippen molar-refractivity contribution in [3.8, 4) is 0 Å². The van der Waals surface area contributed by atoms with Gasteiger partial charge in [0.1, 0.15) is 0 Å². The predicted molar refractivity (Wildman–Crippen MR) is 56.5 cm³/mol. The molecule has 0 saturated heterocycles. The molecule has 0 radical (unpaired) electrons. The number of amides is 1. The summed E-state index contributed by atoms with van der Waals surface area (Å²) in [5, 5.41) is 0. The summed E-state index contributed by atoms with van der Waals surface area (Å²) in [4.78, 5) is 11.2. The molecule has 4 N–H and O–H groups in total. The fraction of sp³-hybridized carbons (Fsp3) is 0.889. The highest BCUT2D eigenvalue weighted by Gasteiger charge is 2.43. The maximum Gasteiger partial charge on any atom is 0.237 e. The molecule has 1 amide bonds. The second kappa shape index (κ2) is 4.33. The molecule has 0 heterocycles. The number of carbonyl (C=O) groups excluding carboxylic acids is 1. The Balaban J connectivity index is 2.57. The molecule has 76 valence electrons. The zero-order valence-corrected chi connectivity index (χ0v) is 8.90. The molecule has 2 unspecified atom stereocenters. The molecule has 3 nitrogen and oxygen atoms in total. The molecule has 13 heavy (non-hydrogen) atoms. The molecule has 1 aliphatic rings. The van der Waals surface area contributed by atoms with Crippen LogP contribution in [0.25, 0.3) is 0 Å². The van der Waals surface area contributed by atoms with Crippen molar-refractivity contribution in [1.82, 2.24) is 0 Å². The van der Waals surface area contributed by atoms with E-state index in [9.17, 15) is 4.79 Å². The van der Waals surface area contributed by atoms with Crippen molar-refractivity contribution in [1.29, 1.82) is 0 Å². The van der Waals surface area contributed by atoms with Crippen LogP contribution in [0.2, 0.25) is 0 Å². The number of thioether (sulfide) groups is 1. The Hall–Kier alpha value is -0.220. The maximum absolute atomic E-state index is 11.2. The Bertz CT molecular complexity index is 198. The number of hydrogen-bond acceptors (Lipinski definition) is 3. The van der Waals surface area contributed by atoms with Crippen LogP contribution in [-0.4, -0.2) is 23.5 Å². The number of hydrogen-bond donors (Lipinski definition) is 2. The summed E-state index contributed by atoms with van der Waals surface area (Å²) in [5.74, 6) is 1.05. The van der Waals surface area contributed by atoms with Crippen molar-refractivity contribution in [2.75, 3.05) is 12.0 Å². The molecule has 2 atom stereocenters. The smallest absolute Gasteiger partial charge is 0.237 e. The summed E-state index contributed by atoms with van der Waals surface area (Å²) in [7, 11) is 0. The largest absolute Gasteiger partial charge is 0.368 e. The van der Waals surface area contributed by atoms with E-state index in [1.54, 1.807) is 11.8 Å². The van der Waals surface area contributed by atoms with E-state index in [0.29, 0.717) is 5.92 Å². The van der Waals surface area contributed by atoms with Gasteiger partial charge in [-0.3, -0.25) is 4.79 Å². The van der Waals surface area contributed by atoms with Crippen LogP contribution in [0.4, 0.5) is 0 Å². The Kier molecular flexibility index (Phi) is 3.62. The number of carbonyl (C=O) groups is 1. The number of rotatable bonds is 4. The molecule has 0 aliphatic heterocycles. The van der Waals surface area contributed by atoms with E-state index < -0.39 is 5.54 Å².